The molecule has 2 unspecified atom stereocenters. The monoisotopic (exact) mass is 390 g/mol. The first-order chi connectivity index (χ1) is 9.67. The van der Waals surface area contributed by atoms with E-state index in [2.05, 4.69) is 17.9 Å². The van der Waals surface area contributed by atoms with E-state index in [1.807, 2.05) is 0 Å². The number of hydrogen-bond donors (Lipinski definition) is 7. The number of hydrogen-bond acceptors (Lipinski definition) is 10. The van der Waals surface area contributed by atoms with Crippen molar-refractivity contribution in [1.82, 2.24) is 0 Å². The summed E-state index contributed by atoms with van der Waals surface area (Å²) >= 11 is 0. The van der Waals surface area contributed by atoms with E-state index in [1.165, 1.54) is 0 Å². The fourth-order valence-corrected chi connectivity index (χ4v) is 4.57. The van der Waals surface area contributed by atoms with Gasteiger partial charge >= 0.3 is 23.5 Å². The number of aliphatic hydroxyl groups excluding tert-OH is 2. The minimum Gasteiger partial charge on any atom is -0.394 e. The second-order valence-electron chi connectivity index (χ2n) is 4.01. The maximum Gasteiger partial charge on any atom is 0.490 e. The van der Waals surface area contributed by atoms with E-state index in [1.54, 1.807) is 0 Å². The molecule has 0 saturated carbocycles. The molecule has 1 saturated heterocycles. The normalized spacial score (nSPS) is 35.0. The predicted octanol–water partition coefficient (Wildman–Crippen LogP) is -1.88. The predicted molar refractivity (Wildman–Crippen MR) is 62.5 cm³/mol. The van der Waals surface area contributed by atoms with E-state index < -0.39 is 54.7 Å². The molecule has 1 aliphatic rings. The lowest BCUT2D eigenvalue weighted by molar-refractivity contribution is -0.315. The van der Waals surface area contributed by atoms with E-state index in [0.29, 0.717) is 0 Å². The third-order valence-electron chi connectivity index (χ3n) is 2.09. The topological polar surface area (TPSA) is 230 Å². The zero-order valence-electron chi connectivity index (χ0n) is 10.4. The van der Waals surface area contributed by atoms with Crippen LogP contribution in [0.15, 0.2) is 0 Å². The van der Waals surface area contributed by atoms with Gasteiger partial charge in [0.25, 0.3) is 5.97 Å². The summed E-state index contributed by atoms with van der Waals surface area (Å²) < 4.78 is 48.3. The highest BCUT2D eigenvalue weighted by Crippen LogP contribution is 2.67. The lowest BCUT2D eigenvalue weighted by atomic mass is 10.2. The molecule has 17 heteroatoms. The van der Waals surface area contributed by atoms with Gasteiger partial charge in [0.05, 0.1) is 19.1 Å². The molecule has 14 nitrogen and oxygen atoms in total. The summed E-state index contributed by atoms with van der Waals surface area (Å²) in [5.74, 6) is -2.96. The maximum absolute atomic E-state index is 11.4. The lowest BCUT2D eigenvalue weighted by Crippen LogP contribution is -2.32. The van der Waals surface area contributed by atoms with Crippen LogP contribution in [-0.2, 0) is 31.6 Å². The van der Waals surface area contributed by atoms with Crippen LogP contribution in [0.4, 0.5) is 0 Å². The van der Waals surface area contributed by atoms with Crippen LogP contribution in [0.2, 0.25) is 0 Å². The Balaban J connectivity index is 2.78. The van der Waals surface area contributed by atoms with Crippen molar-refractivity contribution < 1.29 is 66.5 Å². The van der Waals surface area contributed by atoms with Gasteiger partial charge in [-0.2, -0.15) is 8.62 Å². The van der Waals surface area contributed by atoms with Crippen LogP contribution in [0.25, 0.3) is 0 Å². The number of aliphatic hydroxyl groups is 3. The molecule has 0 aliphatic carbocycles. The SMILES string of the molecule is O=P(O)(O)OP(=O)(O)OP(=O)(O)O[C@]1(O)C[C@H](O)[C@@H](CO)O1. The van der Waals surface area contributed by atoms with Gasteiger partial charge in [0, 0.05) is 0 Å². The Morgan fingerprint density at radius 3 is 2.05 bits per heavy atom. The summed E-state index contributed by atoms with van der Waals surface area (Å²) in [7, 11) is -16.9. The highest BCUT2D eigenvalue weighted by Gasteiger charge is 2.52. The maximum atomic E-state index is 11.4. The van der Waals surface area contributed by atoms with Crippen molar-refractivity contribution in [3.05, 3.63) is 0 Å². The average Bonchev–Trinajstić information content (AvgIpc) is 2.45. The van der Waals surface area contributed by atoms with Crippen LogP contribution in [0, 0.1) is 0 Å². The number of rotatable bonds is 7. The molecule has 0 amide bonds. The van der Waals surface area contributed by atoms with Gasteiger partial charge in [-0.3, -0.25) is 0 Å². The molecule has 0 aromatic heterocycles. The van der Waals surface area contributed by atoms with Crippen molar-refractivity contribution in [2.75, 3.05) is 6.61 Å². The minimum absolute atomic E-state index is 0.788. The van der Waals surface area contributed by atoms with Crippen molar-refractivity contribution in [3.8, 4) is 0 Å². The van der Waals surface area contributed by atoms with E-state index in [4.69, 9.17) is 19.8 Å². The van der Waals surface area contributed by atoms with Crippen LogP contribution in [0.5, 0.6) is 0 Å². The van der Waals surface area contributed by atoms with Crippen LogP contribution in [0.1, 0.15) is 6.42 Å². The van der Waals surface area contributed by atoms with Crippen molar-refractivity contribution in [3.63, 3.8) is 0 Å². The fraction of sp³-hybridized carbons (Fsp3) is 1.00. The van der Waals surface area contributed by atoms with Gasteiger partial charge < -0.3 is 39.6 Å². The van der Waals surface area contributed by atoms with Crippen LogP contribution >= 0.6 is 23.5 Å². The summed E-state index contributed by atoms with van der Waals surface area (Å²) in [6.07, 6.45) is -3.71. The number of phosphoric ester groups is 1. The van der Waals surface area contributed by atoms with E-state index >= 15 is 0 Å². The zero-order valence-corrected chi connectivity index (χ0v) is 13.1. The first-order valence-electron chi connectivity index (χ1n) is 5.21. The highest BCUT2D eigenvalue weighted by atomic mass is 31.3. The Kier molecular flexibility index (Phi) is 6.12. The largest absolute Gasteiger partial charge is 0.490 e. The third kappa shape index (κ3) is 6.40. The van der Waals surface area contributed by atoms with E-state index in [0.717, 1.165) is 0 Å². The molecule has 7 N–H and O–H groups in total. The first kappa shape index (κ1) is 20.3. The Morgan fingerprint density at radius 2 is 1.64 bits per heavy atom. The molecule has 22 heavy (non-hydrogen) atoms. The molecule has 0 bridgehead atoms. The van der Waals surface area contributed by atoms with Crippen LogP contribution < -0.4 is 0 Å². The number of phosphoric acid groups is 3. The van der Waals surface area contributed by atoms with Gasteiger partial charge in [-0.05, 0) is 0 Å². The summed E-state index contributed by atoms with van der Waals surface area (Å²) in [6, 6.07) is 0. The Bertz CT molecular complexity index is 541. The Morgan fingerprint density at radius 1 is 1.09 bits per heavy atom. The van der Waals surface area contributed by atoms with Gasteiger partial charge in [0.2, 0.25) is 0 Å². The van der Waals surface area contributed by atoms with Crippen molar-refractivity contribution in [1.29, 1.82) is 0 Å². The minimum atomic E-state index is -5.74. The number of ether oxygens (including phenoxy) is 1. The van der Waals surface area contributed by atoms with E-state index in [9.17, 15) is 28.8 Å². The Hall–Kier alpha value is 0.250. The van der Waals surface area contributed by atoms with Crippen molar-refractivity contribution >= 4 is 23.5 Å². The van der Waals surface area contributed by atoms with Gasteiger partial charge in [-0.1, -0.05) is 0 Å². The van der Waals surface area contributed by atoms with Crippen molar-refractivity contribution in [2.45, 2.75) is 24.6 Å². The molecule has 1 heterocycles. The summed E-state index contributed by atoms with van der Waals surface area (Å²) in [4.78, 5) is 34.7. The molecular weight excluding hydrogens is 377 g/mol. The van der Waals surface area contributed by atoms with Crippen molar-refractivity contribution in [2.24, 2.45) is 0 Å². The molecule has 1 fully saturated rings. The summed E-state index contributed by atoms with van der Waals surface area (Å²) in [5, 5.41) is 27.7. The zero-order chi connectivity index (χ0) is 17.4. The molecule has 1 rings (SSSR count). The molecule has 0 spiro atoms. The summed E-state index contributed by atoms with van der Waals surface area (Å²) in [6.45, 7) is -0.788. The molecule has 132 valence electrons. The van der Waals surface area contributed by atoms with Crippen LogP contribution in [-0.4, -0.2) is 59.7 Å². The second-order valence-corrected chi connectivity index (χ2v) is 8.35. The van der Waals surface area contributed by atoms with Gasteiger partial charge in [-0.25, -0.2) is 18.2 Å². The van der Waals surface area contributed by atoms with Crippen LogP contribution in [0.3, 0.4) is 0 Å². The quantitative estimate of drug-likeness (QED) is 0.186. The smallest absolute Gasteiger partial charge is 0.394 e. The molecule has 0 aromatic carbocycles. The second kappa shape index (κ2) is 6.63. The fourth-order valence-electron chi connectivity index (χ4n) is 1.45. The molecule has 5 atom stereocenters. The lowest BCUT2D eigenvalue weighted by Gasteiger charge is -2.25. The third-order valence-corrected chi connectivity index (χ3v) is 5.93. The van der Waals surface area contributed by atoms with Gasteiger partial charge in [0.1, 0.15) is 6.10 Å². The highest BCUT2D eigenvalue weighted by molar-refractivity contribution is 7.66. The molecular formula is C5H13O14P3. The standard InChI is InChI=1S/C5H13O14P3/c6-2-4-3(7)1-5(8,16-4)17-21(12,13)19-22(14,15)18-20(9,10)11/h3-4,6-8H,1-2H2,(H,12,13)(H,14,15)(H2,9,10,11)/t3-,4+,5-/m0/s1. The average molecular weight is 390 g/mol. The first-order valence-corrected chi connectivity index (χ1v) is 9.73. The summed E-state index contributed by atoms with van der Waals surface area (Å²) in [5.41, 5.74) is 0. The Labute approximate surface area is 122 Å². The molecule has 0 radical (unpaired) electrons. The van der Waals surface area contributed by atoms with Gasteiger partial charge in [0.15, 0.2) is 0 Å². The van der Waals surface area contributed by atoms with E-state index in [-0.39, 0.29) is 0 Å². The van der Waals surface area contributed by atoms with Gasteiger partial charge in [-0.15, -0.1) is 0 Å². The molecule has 1 aliphatic heterocycles. The molecule has 0 aromatic rings.